The van der Waals surface area contributed by atoms with Gasteiger partial charge in [0.1, 0.15) is 5.60 Å². The highest BCUT2D eigenvalue weighted by molar-refractivity contribution is 5.88. The van der Waals surface area contributed by atoms with Crippen molar-refractivity contribution >= 4 is 22.8 Å². The number of hydrogen-bond acceptors (Lipinski definition) is 5. The van der Waals surface area contributed by atoms with Crippen molar-refractivity contribution in [2.75, 3.05) is 25.0 Å². The van der Waals surface area contributed by atoms with E-state index < -0.39 is 29.0 Å². The van der Waals surface area contributed by atoms with Crippen LogP contribution < -0.4 is 5.32 Å². The standard InChI is InChI=1S/C27H29F3N4O3.C2H6/c1-25(36)14-18(15-25)34-16-31-21-7-6-17(22(23(21)34)27(28,29)30)8-11-33-12-9-26(10-13-33)19-4-2-3-5-20(19)32-24(35)37-26;1-2/h2-7,16,18,36H,8-15H2,1H3,(H,32,35);1-2H3. The molecule has 1 saturated carbocycles. The Morgan fingerprint density at radius 1 is 1.13 bits per heavy atom. The van der Waals surface area contributed by atoms with E-state index in [1.807, 2.05) is 38.1 Å². The highest BCUT2D eigenvalue weighted by Gasteiger charge is 2.45. The van der Waals surface area contributed by atoms with Crippen LogP contribution in [0.1, 0.15) is 69.2 Å². The van der Waals surface area contributed by atoms with Crippen LogP contribution in [0.3, 0.4) is 0 Å². The van der Waals surface area contributed by atoms with E-state index in [9.17, 15) is 23.1 Å². The van der Waals surface area contributed by atoms with Gasteiger partial charge in [-0.3, -0.25) is 5.32 Å². The van der Waals surface area contributed by atoms with Gasteiger partial charge in [-0.25, -0.2) is 9.78 Å². The Hall–Kier alpha value is -3.11. The first kappa shape index (κ1) is 27.5. The zero-order valence-electron chi connectivity index (χ0n) is 22.5. The molecule has 0 unspecified atom stereocenters. The minimum Gasteiger partial charge on any atom is -0.438 e. The van der Waals surface area contributed by atoms with Gasteiger partial charge in [0.05, 0.1) is 34.2 Å². The van der Waals surface area contributed by atoms with Crippen molar-refractivity contribution in [3.63, 3.8) is 0 Å². The third-order valence-corrected chi connectivity index (χ3v) is 8.15. The Morgan fingerprint density at radius 2 is 1.82 bits per heavy atom. The smallest absolute Gasteiger partial charge is 0.418 e. The fourth-order valence-electron chi connectivity index (χ4n) is 6.27. The minimum atomic E-state index is -4.53. The molecule has 2 aliphatic heterocycles. The first-order chi connectivity index (χ1) is 18.5. The van der Waals surface area contributed by atoms with Gasteiger partial charge in [0.25, 0.3) is 0 Å². The molecular formula is C29H35F3N4O3. The van der Waals surface area contributed by atoms with Crippen molar-refractivity contribution in [1.82, 2.24) is 14.5 Å². The van der Waals surface area contributed by atoms with Crippen molar-refractivity contribution < 1.29 is 27.8 Å². The summed E-state index contributed by atoms with van der Waals surface area (Å²) in [6, 6.07) is 10.6. The van der Waals surface area contributed by atoms with Gasteiger partial charge in [-0.15, -0.1) is 0 Å². The number of nitrogens with zero attached hydrogens (tertiary/aromatic N) is 3. The third-order valence-electron chi connectivity index (χ3n) is 8.15. The summed E-state index contributed by atoms with van der Waals surface area (Å²) in [5.74, 6) is 0. The molecule has 0 radical (unpaired) electrons. The highest BCUT2D eigenvalue weighted by Crippen LogP contribution is 2.46. The second kappa shape index (κ2) is 10.1. The first-order valence-electron chi connectivity index (χ1n) is 13.6. The summed E-state index contributed by atoms with van der Waals surface area (Å²) >= 11 is 0. The molecule has 3 heterocycles. The highest BCUT2D eigenvalue weighted by atomic mass is 19.4. The number of carbonyl (C=O) groups excluding carboxylic acids is 1. The fourth-order valence-corrected chi connectivity index (χ4v) is 6.27. The van der Waals surface area contributed by atoms with Crippen molar-refractivity contribution in [3.8, 4) is 0 Å². The summed E-state index contributed by atoms with van der Waals surface area (Å²) in [5.41, 5.74) is 0.154. The molecule has 1 spiro atoms. The Balaban J connectivity index is 0.00000151. The summed E-state index contributed by atoms with van der Waals surface area (Å²) in [6.45, 7) is 7.39. The van der Waals surface area contributed by atoms with Gasteiger partial charge in [-0.1, -0.05) is 38.1 Å². The fraction of sp³-hybridized carbons (Fsp3) is 0.517. The number of imidazole rings is 1. The number of anilines is 1. The molecule has 210 valence electrons. The predicted molar refractivity (Wildman–Crippen MR) is 143 cm³/mol. The van der Waals surface area contributed by atoms with Crippen LogP contribution in [0, 0.1) is 0 Å². The molecule has 3 aromatic rings. The van der Waals surface area contributed by atoms with Crippen molar-refractivity contribution in [1.29, 1.82) is 0 Å². The lowest BCUT2D eigenvalue weighted by molar-refractivity contribution is -0.137. The van der Waals surface area contributed by atoms with Crippen LogP contribution in [-0.4, -0.2) is 50.9 Å². The van der Waals surface area contributed by atoms with Gasteiger partial charge in [-0.2, -0.15) is 13.2 Å². The van der Waals surface area contributed by atoms with E-state index in [1.54, 1.807) is 17.6 Å². The molecule has 0 bridgehead atoms. The molecule has 1 aromatic heterocycles. The summed E-state index contributed by atoms with van der Waals surface area (Å²) in [6.07, 6.45) is -1.34. The van der Waals surface area contributed by atoms with E-state index >= 15 is 0 Å². The van der Waals surface area contributed by atoms with Crippen LogP contribution in [0.25, 0.3) is 11.0 Å². The molecule has 1 amide bonds. The first-order valence-corrected chi connectivity index (χ1v) is 13.6. The average Bonchev–Trinajstić information content (AvgIpc) is 3.30. The number of alkyl halides is 3. The van der Waals surface area contributed by atoms with Gasteiger partial charge < -0.3 is 19.3 Å². The van der Waals surface area contributed by atoms with Gasteiger partial charge in [-0.05, 0) is 43.9 Å². The minimum absolute atomic E-state index is 0.0984. The Kier molecular flexibility index (Phi) is 7.13. The number of piperidine rings is 1. The molecule has 2 N–H and O–H groups in total. The van der Waals surface area contributed by atoms with Crippen molar-refractivity contribution in [3.05, 3.63) is 59.4 Å². The predicted octanol–water partition coefficient (Wildman–Crippen LogP) is 6.26. The number of fused-ring (bicyclic) bond motifs is 3. The third kappa shape index (κ3) is 5.12. The Labute approximate surface area is 226 Å². The second-order valence-electron chi connectivity index (χ2n) is 10.8. The normalized spacial score (nSPS) is 24.3. The number of benzene rings is 2. The lowest BCUT2D eigenvalue weighted by Gasteiger charge is -2.44. The van der Waals surface area contributed by atoms with E-state index in [4.69, 9.17) is 4.74 Å². The number of amides is 1. The molecule has 0 atom stereocenters. The van der Waals surface area contributed by atoms with E-state index in [0.29, 0.717) is 50.8 Å². The summed E-state index contributed by atoms with van der Waals surface area (Å²) < 4.78 is 50.5. The molecule has 2 fully saturated rings. The number of likely N-dealkylation sites (tertiary alicyclic amines) is 1. The van der Waals surface area contributed by atoms with Crippen LogP contribution >= 0.6 is 0 Å². The van der Waals surface area contributed by atoms with E-state index in [1.165, 1.54) is 12.4 Å². The average molecular weight is 545 g/mol. The van der Waals surface area contributed by atoms with Gasteiger partial charge in [0.2, 0.25) is 0 Å². The maximum Gasteiger partial charge on any atom is 0.418 e. The molecular weight excluding hydrogens is 509 g/mol. The second-order valence-corrected chi connectivity index (χ2v) is 10.8. The largest absolute Gasteiger partial charge is 0.438 e. The molecule has 3 aliphatic rings. The summed E-state index contributed by atoms with van der Waals surface area (Å²) in [5, 5.41) is 12.9. The lowest BCUT2D eigenvalue weighted by Crippen LogP contribution is -2.48. The maximum absolute atomic E-state index is 14.4. The number of halogens is 3. The molecule has 2 aromatic carbocycles. The number of carbonyl (C=O) groups is 1. The number of hydrogen-bond donors (Lipinski definition) is 2. The van der Waals surface area contributed by atoms with Crippen LogP contribution in [0.4, 0.5) is 23.7 Å². The zero-order chi connectivity index (χ0) is 28.0. The molecule has 39 heavy (non-hydrogen) atoms. The number of para-hydroxylation sites is 1. The maximum atomic E-state index is 14.4. The van der Waals surface area contributed by atoms with Gasteiger partial charge in [0.15, 0.2) is 0 Å². The molecule has 1 aliphatic carbocycles. The number of aliphatic hydroxyl groups is 1. The number of rotatable bonds is 4. The lowest BCUT2D eigenvalue weighted by atomic mass is 9.77. The van der Waals surface area contributed by atoms with Crippen molar-refractivity contribution in [2.24, 2.45) is 0 Å². The Morgan fingerprint density at radius 3 is 2.49 bits per heavy atom. The molecule has 6 rings (SSSR count). The molecule has 10 heteroatoms. The summed E-state index contributed by atoms with van der Waals surface area (Å²) in [7, 11) is 0. The van der Waals surface area contributed by atoms with Gasteiger partial charge in [0, 0.05) is 44.1 Å². The topological polar surface area (TPSA) is 79.6 Å². The number of aromatic nitrogens is 2. The Bertz CT molecular complexity index is 1350. The monoisotopic (exact) mass is 544 g/mol. The number of nitrogens with one attached hydrogen (secondary N) is 1. The molecule has 7 nitrogen and oxygen atoms in total. The summed E-state index contributed by atoms with van der Waals surface area (Å²) in [4.78, 5) is 18.5. The quantitative estimate of drug-likeness (QED) is 0.405. The van der Waals surface area contributed by atoms with Crippen LogP contribution in [-0.2, 0) is 22.9 Å². The SMILES string of the molecule is CC.CC1(O)CC(n2cnc3ccc(CCN4CCC5(CC4)OC(=O)Nc4ccccc45)c(C(F)(F)F)c32)C1. The van der Waals surface area contributed by atoms with Gasteiger partial charge >= 0.3 is 12.3 Å². The van der Waals surface area contributed by atoms with Crippen LogP contribution in [0.5, 0.6) is 0 Å². The molecule has 1 saturated heterocycles. The number of ether oxygens (including phenoxy) is 1. The van der Waals surface area contributed by atoms with E-state index in [2.05, 4.69) is 15.2 Å². The van der Waals surface area contributed by atoms with E-state index in [0.717, 1.165) is 11.3 Å². The van der Waals surface area contributed by atoms with Crippen LogP contribution in [0.2, 0.25) is 0 Å². The van der Waals surface area contributed by atoms with E-state index in [-0.39, 0.29) is 23.5 Å². The van der Waals surface area contributed by atoms with Crippen molar-refractivity contribution in [2.45, 2.75) is 76.3 Å². The van der Waals surface area contributed by atoms with Crippen LogP contribution in [0.15, 0.2) is 42.7 Å². The zero-order valence-corrected chi connectivity index (χ0v) is 22.5.